The number of carbonyl (C=O) groups is 1. The molecule has 0 saturated heterocycles. The normalized spacial score (nSPS) is 17.0. The summed E-state index contributed by atoms with van der Waals surface area (Å²) in [5.74, 6) is 0. The van der Waals surface area contributed by atoms with Crippen molar-refractivity contribution in [2.75, 3.05) is 23.4 Å². The maximum atomic E-state index is 13.3. The van der Waals surface area contributed by atoms with Crippen LogP contribution in [0.25, 0.3) is 0 Å². The predicted octanol–water partition coefficient (Wildman–Crippen LogP) is 4.18. The van der Waals surface area contributed by atoms with Gasteiger partial charge in [0.1, 0.15) is 0 Å². The molecule has 2 aromatic carbocycles. The molecule has 1 aliphatic carbocycles. The molecule has 2 heterocycles. The van der Waals surface area contributed by atoms with E-state index in [2.05, 4.69) is 33.4 Å². The summed E-state index contributed by atoms with van der Waals surface area (Å²) in [4.78, 5) is 21.7. The molecule has 0 bridgehead atoms. The van der Waals surface area contributed by atoms with Crippen molar-refractivity contribution in [3.63, 3.8) is 0 Å². The van der Waals surface area contributed by atoms with E-state index in [0.717, 1.165) is 42.3 Å². The number of hydrogen-bond donors (Lipinski definition) is 2. The summed E-state index contributed by atoms with van der Waals surface area (Å²) in [6.07, 6.45) is 3.66. The lowest BCUT2D eigenvalue weighted by atomic mass is 10.1. The van der Waals surface area contributed by atoms with Crippen LogP contribution in [0.15, 0.2) is 54.0 Å². The fraction of sp³-hybridized carbons (Fsp3) is 0.304. The van der Waals surface area contributed by atoms with Crippen LogP contribution < -0.4 is 10.2 Å². The number of aliphatic hydroxyl groups is 1. The first-order valence-corrected chi connectivity index (χ1v) is 11.1. The molecule has 5 rings (SSSR count). The second-order valence-electron chi connectivity index (χ2n) is 7.71. The molecule has 0 saturated carbocycles. The fourth-order valence-corrected chi connectivity index (χ4v) is 5.24. The van der Waals surface area contributed by atoms with Gasteiger partial charge in [0.2, 0.25) is 0 Å². The molecule has 154 valence electrons. The summed E-state index contributed by atoms with van der Waals surface area (Å²) < 4.78 is 0. The smallest absolute Gasteiger partial charge is 0.322 e. The number of fused-ring (bicyclic) bond motifs is 2. The van der Waals surface area contributed by atoms with E-state index in [9.17, 15) is 9.90 Å². The Labute approximate surface area is 179 Å². The van der Waals surface area contributed by atoms with Crippen LogP contribution in [0.4, 0.5) is 15.6 Å². The first kappa shape index (κ1) is 19.1. The highest BCUT2D eigenvalue weighted by Gasteiger charge is 2.31. The number of benzene rings is 2. The van der Waals surface area contributed by atoms with Crippen LogP contribution in [0, 0.1) is 0 Å². The number of anilines is 2. The maximum absolute atomic E-state index is 13.3. The van der Waals surface area contributed by atoms with Crippen LogP contribution in [0.1, 0.15) is 34.7 Å². The van der Waals surface area contributed by atoms with Gasteiger partial charge in [-0.1, -0.05) is 36.4 Å². The average molecular weight is 421 g/mol. The SMILES string of the molecule is O=C(Nc1cccc2c1CN(c1nccs1)C2)N(CCO)C1CCc2ccccc21. The largest absolute Gasteiger partial charge is 0.395 e. The molecular weight excluding hydrogens is 396 g/mol. The van der Waals surface area contributed by atoms with Crippen LogP contribution in [0.5, 0.6) is 0 Å². The minimum absolute atomic E-state index is 0.00284. The van der Waals surface area contributed by atoms with Crippen molar-refractivity contribution in [2.45, 2.75) is 32.0 Å². The van der Waals surface area contributed by atoms with Gasteiger partial charge in [0.15, 0.2) is 5.13 Å². The summed E-state index contributed by atoms with van der Waals surface area (Å²) in [7, 11) is 0. The molecule has 30 heavy (non-hydrogen) atoms. The highest BCUT2D eigenvalue weighted by Crippen LogP contribution is 2.37. The molecule has 0 spiro atoms. The summed E-state index contributed by atoms with van der Waals surface area (Å²) in [5, 5.41) is 15.7. The summed E-state index contributed by atoms with van der Waals surface area (Å²) in [5.41, 5.74) is 5.66. The van der Waals surface area contributed by atoms with E-state index in [0.29, 0.717) is 6.54 Å². The lowest BCUT2D eigenvalue weighted by Gasteiger charge is -2.29. The van der Waals surface area contributed by atoms with Crippen molar-refractivity contribution in [1.29, 1.82) is 0 Å². The molecule has 3 aromatic rings. The van der Waals surface area contributed by atoms with E-state index in [1.165, 1.54) is 16.7 Å². The van der Waals surface area contributed by atoms with Gasteiger partial charge in [-0.15, -0.1) is 11.3 Å². The zero-order valence-electron chi connectivity index (χ0n) is 16.6. The monoisotopic (exact) mass is 420 g/mol. The summed E-state index contributed by atoms with van der Waals surface area (Å²) in [6, 6.07) is 14.2. The number of nitrogens with one attached hydrogen (secondary N) is 1. The van der Waals surface area contributed by atoms with Gasteiger partial charge in [-0.3, -0.25) is 0 Å². The molecule has 0 fully saturated rings. The molecule has 1 unspecified atom stereocenters. The molecule has 1 aromatic heterocycles. The molecular formula is C23H24N4O2S. The first-order valence-electron chi connectivity index (χ1n) is 10.3. The Morgan fingerprint density at radius 3 is 2.90 bits per heavy atom. The van der Waals surface area contributed by atoms with Crippen LogP contribution in [0.3, 0.4) is 0 Å². The molecule has 0 radical (unpaired) electrons. The van der Waals surface area contributed by atoms with E-state index in [1.54, 1.807) is 16.2 Å². The molecule has 1 aliphatic heterocycles. The Morgan fingerprint density at radius 1 is 1.20 bits per heavy atom. The van der Waals surface area contributed by atoms with Gasteiger partial charge in [0, 0.05) is 42.5 Å². The third-order valence-corrected chi connectivity index (χ3v) is 6.83. The summed E-state index contributed by atoms with van der Waals surface area (Å²) in [6.45, 7) is 1.77. The van der Waals surface area contributed by atoms with Crippen molar-refractivity contribution < 1.29 is 9.90 Å². The van der Waals surface area contributed by atoms with Crippen molar-refractivity contribution in [3.8, 4) is 0 Å². The van der Waals surface area contributed by atoms with Gasteiger partial charge in [-0.25, -0.2) is 9.78 Å². The van der Waals surface area contributed by atoms with Crippen LogP contribution in [-0.2, 0) is 19.5 Å². The second kappa shape index (κ2) is 8.08. The Kier molecular flexibility index (Phi) is 5.14. The number of nitrogens with zero attached hydrogens (tertiary/aromatic N) is 3. The minimum atomic E-state index is -0.160. The Bertz CT molecular complexity index is 1050. The highest BCUT2D eigenvalue weighted by molar-refractivity contribution is 7.13. The lowest BCUT2D eigenvalue weighted by molar-refractivity contribution is 0.162. The number of thiazole rings is 1. The standard InChI is InChI=1S/C23H24N4O2S/c28-12-11-27(21-9-8-16-4-1-2-6-18(16)21)22(29)25-20-7-3-5-17-14-26(15-19(17)20)23-24-10-13-30-23/h1-7,10,13,21,28H,8-9,11-12,14-15H2,(H,25,29). The van der Waals surface area contributed by atoms with Crippen molar-refractivity contribution in [2.24, 2.45) is 0 Å². The third kappa shape index (κ3) is 3.44. The number of rotatable bonds is 5. The predicted molar refractivity (Wildman–Crippen MR) is 119 cm³/mol. The Hall–Kier alpha value is -2.90. The van der Waals surface area contributed by atoms with Crippen molar-refractivity contribution in [1.82, 2.24) is 9.88 Å². The quantitative estimate of drug-likeness (QED) is 0.650. The molecule has 1 atom stereocenters. The van der Waals surface area contributed by atoms with Gasteiger partial charge in [0.05, 0.1) is 12.6 Å². The molecule has 7 heteroatoms. The fourth-order valence-electron chi connectivity index (χ4n) is 4.60. The number of aromatic nitrogens is 1. The number of aliphatic hydroxyl groups excluding tert-OH is 1. The van der Waals surface area contributed by atoms with Crippen molar-refractivity contribution in [3.05, 3.63) is 76.3 Å². The highest BCUT2D eigenvalue weighted by atomic mass is 32.1. The Balaban J connectivity index is 1.37. The van der Waals surface area contributed by atoms with Crippen LogP contribution in [-0.4, -0.2) is 34.2 Å². The molecule has 2 amide bonds. The van der Waals surface area contributed by atoms with Crippen LogP contribution >= 0.6 is 11.3 Å². The van der Waals surface area contributed by atoms with Crippen molar-refractivity contribution >= 4 is 28.2 Å². The Morgan fingerprint density at radius 2 is 2.07 bits per heavy atom. The first-order chi connectivity index (χ1) is 14.7. The number of carbonyl (C=O) groups excluding carboxylic acids is 1. The minimum Gasteiger partial charge on any atom is -0.395 e. The van der Waals surface area contributed by atoms with E-state index >= 15 is 0 Å². The summed E-state index contributed by atoms with van der Waals surface area (Å²) >= 11 is 1.62. The van der Waals surface area contributed by atoms with Gasteiger partial charge >= 0.3 is 6.03 Å². The molecule has 2 aliphatic rings. The second-order valence-corrected chi connectivity index (χ2v) is 8.59. The number of urea groups is 1. The zero-order chi connectivity index (χ0) is 20.5. The van der Waals surface area contributed by atoms with Gasteiger partial charge in [-0.05, 0) is 35.6 Å². The molecule has 6 nitrogen and oxygen atoms in total. The maximum Gasteiger partial charge on any atom is 0.322 e. The topological polar surface area (TPSA) is 68.7 Å². The third-order valence-electron chi connectivity index (χ3n) is 5.99. The van der Waals surface area contributed by atoms with Gasteiger partial charge in [-0.2, -0.15) is 0 Å². The van der Waals surface area contributed by atoms with E-state index in [4.69, 9.17) is 0 Å². The van der Waals surface area contributed by atoms with E-state index in [-0.39, 0.29) is 18.7 Å². The zero-order valence-corrected chi connectivity index (χ0v) is 17.4. The molecule has 2 N–H and O–H groups in total. The van der Waals surface area contributed by atoms with E-state index < -0.39 is 0 Å². The van der Waals surface area contributed by atoms with Gasteiger partial charge < -0.3 is 20.2 Å². The average Bonchev–Trinajstić information content (AvgIpc) is 3.51. The lowest BCUT2D eigenvalue weighted by Crippen LogP contribution is -2.39. The number of amides is 2. The van der Waals surface area contributed by atoms with E-state index in [1.807, 2.05) is 35.8 Å². The number of aryl methyl sites for hydroxylation is 1. The number of hydrogen-bond acceptors (Lipinski definition) is 5. The van der Waals surface area contributed by atoms with Crippen LogP contribution in [0.2, 0.25) is 0 Å². The van der Waals surface area contributed by atoms with Gasteiger partial charge in [0.25, 0.3) is 0 Å².